The first kappa shape index (κ1) is 20.6. The highest BCUT2D eigenvalue weighted by Gasteiger charge is 2.22. The van der Waals surface area contributed by atoms with Crippen LogP contribution in [0.15, 0.2) is 39.8 Å². The second kappa shape index (κ2) is 9.89. The SMILES string of the molecule is COc1cc(SC)c(OC)cc1CN1CCCC(CNC(=O)c2ccco2)C1. The van der Waals surface area contributed by atoms with Gasteiger partial charge in [-0.3, -0.25) is 9.69 Å². The molecule has 1 saturated heterocycles. The highest BCUT2D eigenvalue weighted by atomic mass is 32.2. The zero-order valence-electron chi connectivity index (χ0n) is 16.7. The summed E-state index contributed by atoms with van der Waals surface area (Å²) in [5, 5.41) is 2.99. The van der Waals surface area contributed by atoms with Crippen molar-refractivity contribution in [3.63, 3.8) is 0 Å². The summed E-state index contributed by atoms with van der Waals surface area (Å²) in [6.45, 7) is 3.44. The Kier molecular flexibility index (Phi) is 7.28. The Balaban J connectivity index is 1.61. The number of furan rings is 1. The number of carbonyl (C=O) groups is 1. The average Bonchev–Trinajstić information content (AvgIpc) is 3.27. The number of hydrogen-bond donors (Lipinski definition) is 1. The van der Waals surface area contributed by atoms with Crippen LogP contribution in [0.2, 0.25) is 0 Å². The fourth-order valence-corrected chi connectivity index (χ4v) is 4.22. The molecule has 1 aliphatic heterocycles. The monoisotopic (exact) mass is 404 g/mol. The molecule has 0 aliphatic carbocycles. The maximum Gasteiger partial charge on any atom is 0.286 e. The molecule has 2 heterocycles. The average molecular weight is 405 g/mol. The van der Waals surface area contributed by atoms with Crippen LogP contribution in [0.5, 0.6) is 11.5 Å². The van der Waals surface area contributed by atoms with Gasteiger partial charge in [0.05, 0.1) is 25.4 Å². The molecule has 6 nitrogen and oxygen atoms in total. The third-order valence-corrected chi connectivity index (χ3v) is 5.84. The lowest BCUT2D eigenvalue weighted by atomic mass is 9.97. The molecule has 1 aliphatic rings. The number of likely N-dealkylation sites (tertiary alicyclic amines) is 1. The molecule has 1 aromatic carbocycles. The second-order valence-electron chi connectivity index (χ2n) is 6.95. The van der Waals surface area contributed by atoms with Gasteiger partial charge in [-0.05, 0) is 55.8 Å². The molecule has 1 atom stereocenters. The van der Waals surface area contributed by atoms with Crippen molar-refractivity contribution in [3.8, 4) is 11.5 Å². The van der Waals surface area contributed by atoms with E-state index in [2.05, 4.69) is 16.3 Å². The Morgan fingerprint density at radius 2 is 2.14 bits per heavy atom. The van der Waals surface area contributed by atoms with Gasteiger partial charge in [0.2, 0.25) is 0 Å². The van der Waals surface area contributed by atoms with E-state index in [0.29, 0.717) is 18.2 Å². The third-order valence-electron chi connectivity index (χ3n) is 5.08. The molecule has 1 unspecified atom stereocenters. The Hall–Kier alpha value is -2.12. The van der Waals surface area contributed by atoms with Crippen LogP contribution in [0.25, 0.3) is 0 Å². The summed E-state index contributed by atoms with van der Waals surface area (Å²) in [7, 11) is 3.41. The van der Waals surface area contributed by atoms with Crippen molar-refractivity contribution in [1.29, 1.82) is 0 Å². The molecule has 1 N–H and O–H groups in total. The summed E-state index contributed by atoms with van der Waals surface area (Å²) in [5.41, 5.74) is 1.12. The molecule has 0 spiro atoms. The zero-order valence-corrected chi connectivity index (χ0v) is 17.5. The molecule has 2 aromatic rings. The maximum absolute atomic E-state index is 12.1. The number of amides is 1. The molecule has 3 rings (SSSR count). The van der Waals surface area contributed by atoms with Crippen molar-refractivity contribution in [1.82, 2.24) is 10.2 Å². The minimum Gasteiger partial charge on any atom is -0.496 e. The predicted molar refractivity (Wildman–Crippen MR) is 110 cm³/mol. The number of piperidine rings is 1. The fraction of sp³-hybridized carbons (Fsp3) is 0.476. The second-order valence-corrected chi connectivity index (χ2v) is 7.80. The zero-order chi connectivity index (χ0) is 19.9. The first-order valence-corrected chi connectivity index (χ1v) is 10.7. The summed E-state index contributed by atoms with van der Waals surface area (Å²) in [4.78, 5) is 15.6. The number of methoxy groups -OCH3 is 2. The highest BCUT2D eigenvalue weighted by molar-refractivity contribution is 7.98. The highest BCUT2D eigenvalue weighted by Crippen LogP contribution is 2.35. The van der Waals surface area contributed by atoms with Crippen molar-refractivity contribution >= 4 is 17.7 Å². The maximum atomic E-state index is 12.1. The number of hydrogen-bond acceptors (Lipinski definition) is 6. The van der Waals surface area contributed by atoms with E-state index in [-0.39, 0.29) is 5.91 Å². The van der Waals surface area contributed by atoms with E-state index < -0.39 is 0 Å². The fourth-order valence-electron chi connectivity index (χ4n) is 3.65. The third kappa shape index (κ3) is 5.02. The van der Waals surface area contributed by atoms with Crippen molar-refractivity contribution in [2.24, 2.45) is 5.92 Å². The quantitative estimate of drug-likeness (QED) is 0.678. The number of ether oxygens (including phenoxy) is 2. The van der Waals surface area contributed by atoms with Gasteiger partial charge in [0, 0.05) is 25.2 Å². The molecule has 1 amide bonds. The molecule has 1 aromatic heterocycles. The Morgan fingerprint density at radius 3 is 2.82 bits per heavy atom. The first-order chi connectivity index (χ1) is 13.6. The van der Waals surface area contributed by atoms with Gasteiger partial charge in [0.1, 0.15) is 11.5 Å². The van der Waals surface area contributed by atoms with Gasteiger partial charge in [-0.15, -0.1) is 11.8 Å². The molecule has 7 heteroatoms. The summed E-state index contributed by atoms with van der Waals surface area (Å²) in [5.74, 6) is 2.39. The smallest absolute Gasteiger partial charge is 0.286 e. The molecule has 152 valence electrons. The minimum atomic E-state index is -0.152. The van der Waals surface area contributed by atoms with Crippen molar-refractivity contribution in [2.45, 2.75) is 24.3 Å². The van der Waals surface area contributed by atoms with Crippen LogP contribution < -0.4 is 14.8 Å². The van der Waals surface area contributed by atoms with Crippen LogP contribution in [0, 0.1) is 5.92 Å². The van der Waals surface area contributed by atoms with Crippen LogP contribution in [-0.4, -0.2) is 50.9 Å². The normalized spacial score (nSPS) is 17.3. The van der Waals surface area contributed by atoms with Gasteiger partial charge < -0.3 is 19.2 Å². The van der Waals surface area contributed by atoms with Crippen LogP contribution in [0.4, 0.5) is 0 Å². The molecule has 0 saturated carbocycles. The predicted octanol–water partition coefficient (Wildman–Crippen LogP) is 3.66. The van der Waals surface area contributed by atoms with E-state index in [4.69, 9.17) is 13.9 Å². The first-order valence-electron chi connectivity index (χ1n) is 9.47. The summed E-state index contributed by atoms with van der Waals surface area (Å²) < 4.78 is 16.3. The van der Waals surface area contributed by atoms with E-state index in [0.717, 1.165) is 54.4 Å². The number of rotatable bonds is 8. The van der Waals surface area contributed by atoms with Crippen molar-refractivity contribution in [2.75, 3.05) is 40.1 Å². The van der Waals surface area contributed by atoms with Gasteiger partial charge in [-0.1, -0.05) is 0 Å². The molecule has 0 bridgehead atoms. The lowest BCUT2D eigenvalue weighted by Gasteiger charge is -2.33. The lowest BCUT2D eigenvalue weighted by molar-refractivity contribution is 0.0903. The number of benzene rings is 1. The van der Waals surface area contributed by atoms with Gasteiger partial charge in [-0.2, -0.15) is 0 Å². The summed E-state index contributed by atoms with van der Waals surface area (Å²) in [6, 6.07) is 7.53. The molecule has 1 fully saturated rings. The van der Waals surface area contributed by atoms with E-state index >= 15 is 0 Å². The van der Waals surface area contributed by atoms with E-state index in [1.807, 2.05) is 12.3 Å². The van der Waals surface area contributed by atoms with E-state index in [9.17, 15) is 4.79 Å². The Labute approximate surface area is 170 Å². The molecular formula is C21H28N2O4S. The Morgan fingerprint density at radius 1 is 1.32 bits per heavy atom. The number of nitrogens with one attached hydrogen (secondary N) is 1. The Bertz CT molecular complexity index is 779. The summed E-state index contributed by atoms with van der Waals surface area (Å²) >= 11 is 1.65. The number of nitrogens with zero attached hydrogens (tertiary/aromatic N) is 1. The van der Waals surface area contributed by atoms with Crippen LogP contribution >= 0.6 is 11.8 Å². The van der Waals surface area contributed by atoms with E-state index in [1.54, 1.807) is 38.1 Å². The van der Waals surface area contributed by atoms with E-state index in [1.165, 1.54) is 6.26 Å². The van der Waals surface area contributed by atoms with Crippen LogP contribution in [-0.2, 0) is 6.54 Å². The number of carbonyl (C=O) groups excluding carboxylic acids is 1. The standard InChI is InChI=1S/C21H28N2O4S/c1-25-18-11-20(28-3)19(26-2)10-16(18)14-23-8-4-6-15(13-23)12-22-21(24)17-7-5-9-27-17/h5,7,9-11,15H,4,6,8,12-14H2,1-3H3,(H,22,24). The van der Waals surface area contributed by atoms with Crippen molar-refractivity contribution < 1.29 is 18.7 Å². The largest absolute Gasteiger partial charge is 0.496 e. The minimum absolute atomic E-state index is 0.152. The molecule has 28 heavy (non-hydrogen) atoms. The van der Waals surface area contributed by atoms with Gasteiger partial charge in [-0.25, -0.2) is 0 Å². The van der Waals surface area contributed by atoms with Crippen molar-refractivity contribution in [3.05, 3.63) is 41.9 Å². The van der Waals surface area contributed by atoms with Gasteiger partial charge in [0.25, 0.3) is 5.91 Å². The van der Waals surface area contributed by atoms with Gasteiger partial charge in [0.15, 0.2) is 5.76 Å². The molecule has 0 radical (unpaired) electrons. The van der Waals surface area contributed by atoms with Crippen LogP contribution in [0.3, 0.4) is 0 Å². The lowest BCUT2D eigenvalue weighted by Crippen LogP contribution is -2.40. The summed E-state index contributed by atoms with van der Waals surface area (Å²) in [6.07, 6.45) is 5.77. The van der Waals surface area contributed by atoms with Gasteiger partial charge >= 0.3 is 0 Å². The topological polar surface area (TPSA) is 63.9 Å². The number of thioether (sulfide) groups is 1. The molecular weight excluding hydrogens is 376 g/mol. The van der Waals surface area contributed by atoms with Crippen LogP contribution in [0.1, 0.15) is 29.0 Å².